The zero-order valence-electron chi connectivity index (χ0n) is 20.3. The number of nitrogens with one attached hydrogen (secondary N) is 1. The normalized spacial score (nSPS) is 11.8. The number of rotatable bonds is 14. The van der Waals surface area contributed by atoms with Crippen LogP contribution in [0.5, 0.6) is 11.5 Å². The van der Waals surface area contributed by atoms with Crippen LogP contribution in [0.3, 0.4) is 0 Å². The lowest BCUT2D eigenvalue weighted by Gasteiger charge is -2.15. The molecule has 192 valence electrons. The third kappa shape index (κ3) is 9.26. The maximum absolute atomic E-state index is 11.2. The average molecular weight is 514 g/mol. The van der Waals surface area contributed by atoms with Crippen LogP contribution in [0.15, 0.2) is 66.7 Å². The van der Waals surface area contributed by atoms with E-state index in [1.54, 1.807) is 18.2 Å². The molecule has 0 aliphatic rings. The third-order valence-electron chi connectivity index (χ3n) is 5.40. The van der Waals surface area contributed by atoms with Crippen molar-refractivity contribution in [3.63, 3.8) is 0 Å². The number of aliphatic hydroxyl groups is 2. The first-order chi connectivity index (χ1) is 17.4. The molecule has 0 amide bonds. The Kier molecular flexibility index (Phi) is 11.2. The number of carbonyl (C=O) groups excluding carboxylic acids is 1. The van der Waals surface area contributed by atoms with Crippen LogP contribution in [0.25, 0.3) is 0 Å². The van der Waals surface area contributed by atoms with Crippen LogP contribution in [0.2, 0.25) is 5.02 Å². The highest BCUT2D eigenvalue weighted by Crippen LogP contribution is 2.24. The van der Waals surface area contributed by atoms with Crippen molar-refractivity contribution in [1.29, 1.82) is 0 Å². The molecular formula is C28H32ClNO6. The Labute approximate surface area is 216 Å². The van der Waals surface area contributed by atoms with Gasteiger partial charge in [-0.05, 0) is 66.1 Å². The van der Waals surface area contributed by atoms with Gasteiger partial charge in [0.15, 0.2) is 0 Å². The first-order valence-corrected chi connectivity index (χ1v) is 12.2. The van der Waals surface area contributed by atoms with Crippen LogP contribution in [0.1, 0.15) is 35.3 Å². The number of benzene rings is 3. The molecule has 8 heteroatoms. The molecule has 0 radical (unpaired) electrons. The van der Waals surface area contributed by atoms with Gasteiger partial charge in [0.1, 0.15) is 18.1 Å². The summed E-state index contributed by atoms with van der Waals surface area (Å²) in [5.74, 6) is 0.620. The number of carbonyl (C=O) groups is 1. The number of ether oxygens (including phenoxy) is 3. The van der Waals surface area contributed by atoms with E-state index in [9.17, 15) is 15.0 Å². The summed E-state index contributed by atoms with van der Waals surface area (Å²) in [6.45, 7) is 3.49. The van der Waals surface area contributed by atoms with Gasteiger partial charge < -0.3 is 29.7 Å². The van der Waals surface area contributed by atoms with Gasteiger partial charge in [-0.1, -0.05) is 41.9 Å². The lowest BCUT2D eigenvalue weighted by atomic mass is 10.0. The summed E-state index contributed by atoms with van der Waals surface area (Å²) >= 11 is 5.97. The summed E-state index contributed by atoms with van der Waals surface area (Å²) in [7, 11) is 0. The highest BCUT2D eigenvalue weighted by atomic mass is 35.5. The summed E-state index contributed by atoms with van der Waals surface area (Å²) in [5, 5.41) is 23.9. The van der Waals surface area contributed by atoms with E-state index in [1.165, 1.54) is 6.92 Å². The van der Waals surface area contributed by atoms with Crippen molar-refractivity contribution in [3.05, 3.63) is 94.0 Å². The zero-order valence-corrected chi connectivity index (χ0v) is 21.0. The van der Waals surface area contributed by atoms with E-state index in [4.69, 9.17) is 25.8 Å². The van der Waals surface area contributed by atoms with Crippen LogP contribution >= 0.6 is 11.6 Å². The van der Waals surface area contributed by atoms with Gasteiger partial charge in [0.05, 0.1) is 25.9 Å². The van der Waals surface area contributed by atoms with E-state index in [2.05, 4.69) is 5.32 Å². The summed E-state index contributed by atoms with van der Waals surface area (Å²) < 4.78 is 16.4. The Hall–Kier alpha value is -2.94. The second-order valence-electron chi connectivity index (χ2n) is 8.26. The number of hydrogen-bond donors (Lipinski definition) is 3. The molecule has 3 rings (SSSR count). The highest BCUT2D eigenvalue weighted by molar-refractivity contribution is 6.30. The van der Waals surface area contributed by atoms with E-state index in [0.717, 1.165) is 23.3 Å². The van der Waals surface area contributed by atoms with Crippen molar-refractivity contribution in [2.24, 2.45) is 0 Å². The Bertz CT molecular complexity index is 1110. The maximum atomic E-state index is 11.2. The molecule has 0 bridgehead atoms. The van der Waals surface area contributed by atoms with Crippen molar-refractivity contribution in [3.8, 4) is 11.5 Å². The molecule has 0 saturated heterocycles. The summed E-state index contributed by atoms with van der Waals surface area (Å²) in [6.07, 6.45) is 0.0433. The average Bonchev–Trinajstić information content (AvgIpc) is 2.87. The van der Waals surface area contributed by atoms with Crippen molar-refractivity contribution in [2.75, 3.05) is 26.3 Å². The number of aliphatic hydroxyl groups excluding tert-OH is 2. The molecule has 0 aromatic heterocycles. The van der Waals surface area contributed by atoms with E-state index >= 15 is 0 Å². The van der Waals surface area contributed by atoms with Gasteiger partial charge in [-0.25, -0.2) is 0 Å². The van der Waals surface area contributed by atoms with Crippen molar-refractivity contribution >= 4 is 17.6 Å². The lowest BCUT2D eigenvalue weighted by Crippen LogP contribution is -2.24. The van der Waals surface area contributed by atoms with Gasteiger partial charge in [-0.2, -0.15) is 0 Å². The SMILES string of the molecule is CC(=O)Oc1ccc([C@@H](O)CNCCc2ccc(OCCOCc3cccc(Cl)c3)cc2)cc1CO. The Balaban J connectivity index is 1.33. The fraction of sp³-hybridized carbons (Fsp3) is 0.321. The summed E-state index contributed by atoms with van der Waals surface area (Å²) in [4.78, 5) is 11.2. The first-order valence-electron chi connectivity index (χ1n) is 11.8. The monoisotopic (exact) mass is 513 g/mol. The van der Waals surface area contributed by atoms with E-state index < -0.39 is 12.1 Å². The lowest BCUT2D eigenvalue weighted by molar-refractivity contribution is -0.131. The van der Waals surface area contributed by atoms with Crippen LogP contribution in [-0.2, 0) is 29.2 Å². The molecule has 3 aromatic carbocycles. The van der Waals surface area contributed by atoms with Gasteiger partial charge in [0, 0.05) is 24.1 Å². The highest BCUT2D eigenvalue weighted by Gasteiger charge is 2.12. The van der Waals surface area contributed by atoms with E-state index in [1.807, 2.05) is 48.5 Å². The summed E-state index contributed by atoms with van der Waals surface area (Å²) in [6, 6.07) is 20.4. The van der Waals surface area contributed by atoms with Crippen molar-refractivity contribution in [1.82, 2.24) is 5.32 Å². The van der Waals surface area contributed by atoms with Gasteiger partial charge in [-0.15, -0.1) is 0 Å². The Morgan fingerprint density at radius 1 is 1.03 bits per heavy atom. The van der Waals surface area contributed by atoms with Gasteiger partial charge in [-0.3, -0.25) is 4.79 Å². The van der Waals surface area contributed by atoms with Gasteiger partial charge in [0.2, 0.25) is 0 Å². The molecule has 36 heavy (non-hydrogen) atoms. The first kappa shape index (κ1) is 27.6. The van der Waals surface area contributed by atoms with Crippen molar-refractivity contribution < 1.29 is 29.2 Å². The Morgan fingerprint density at radius 2 is 1.83 bits per heavy atom. The predicted molar refractivity (Wildman–Crippen MR) is 138 cm³/mol. The zero-order chi connectivity index (χ0) is 25.8. The van der Waals surface area contributed by atoms with Crippen LogP contribution < -0.4 is 14.8 Å². The molecule has 0 heterocycles. The molecule has 0 saturated carbocycles. The second kappa shape index (κ2) is 14.6. The molecule has 1 atom stereocenters. The Morgan fingerprint density at radius 3 is 2.56 bits per heavy atom. The minimum absolute atomic E-state index is 0.285. The molecular weight excluding hydrogens is 482 g/mol. The second-order valence-corrected chi connectivity index (χ2v) is 8.70. The maximum Gasteiger partial charge on any atom is 0.308 e. The molecule has 0 aliphatic carbocycles. The number of hydrogen-bond acceptors (Lipinski definition) is 7. The van der Waals surface area contributed by atoms with Crippen LogP contribution in [-0.4, -0.2) is 42.5 Å². The summed E-state index contributed by atoms with van der Waals surface area (Å²) in [5.41, 5.74) is 3.27. The minimum atomic E-state index is -0.751. The number of halogens is 1. The molecule has 3 N–H and O–H groups in total. The van der Waals surface area contributed by atoms with Crippen molar-refractivity contribution in [2.45, 2.75) is 32.7 Å². The molecule has 7 nitrogen and oxygen atoms in total. The third-order valence-corrected chi connectivity index (χ3v) is 5.63. The fourth-order valence-electron chi connectivity index (χ4n) is 3.56. The van der Waals surface area contributed by atoms with E-state index in [0.29, 0.717) is 54.8 Å². The molecule has 0 unspecified atom stereocenters. The molecule has 0 fully saturated rings. The largest absolute Gasteiger partial charge is 0.491 e. The number of esters is 1. The standard InChI is InChI=1S/C28H32ClNO6/c1-20(32)36-28-10-7-23(16-24(28)18-31)27(33)17-30-12-11-21-5-8-26(9-6-21)35-14-13-34-19-22-3-2-4-25(29)15-22/h2-10,15-16,27,30-31,33H,11-14,17-19H2,1H3/t27-/m0/s1. The molecule has 0 aliphatic heterocycles. The van der Waals surface area contributed by atoms with E-state index in [-0.39, 0.29) is 6.61 Å². The van der Waals surface area contributed by atoms with Crippen LogP contribution in [0, 0.1) is 0 Å². The molecule has 0 spiro atoms. The van der Waals surface area contributed by atoms with Crippen LogP contribution in [0.4, 0.5) is 0 Å². The fourth-order valence-corrected chi connectivity index (χ4v) is 3.77. The van der Waals surface area contributed by atoms with Gasteiger partial charge in [0.25, 0.3) is 0 Å². The molecule has 3 aromatic rings. The topological polar surface area (TPSA) is 97.3 Å². The minimum Gasteiger partial charge on any atom is -0.491 e. The predicted octanol–water partition coefficient (Wildman–Crippen LogP) is 4.22. The van der Waals surface area contributed by atoms with Gasteiger partial charge >= 0.3 is 5.97 Å². The quantitative estimate of drug-likeness (QED) is 0.169. The smallest absolute Gasteiger partial charge is 0.308 e.